The summed E-state index contributed by atoms with van der Waals surface area (Å²) in [4.78, 5) is 24.6. The highest BCUT2D eigenvalue weighted by Gasteiger charge is 2.20. The zero-order valence-electron chi connectivity index (χ0n) is 18.5. The van der Waals surface area contributed by atoms with Gasteiger partial charge in [0.1, 0.15) is 24.7 Å². The molecule has 176 valence electrons. The molecule has 1 unspecified atom stereocenters. The second-order valence-electron chi connectivity index (χ2n) is 7.70. The quantitative estimate of drug-likeness (QED) is 0.396. The Hall–Kier alpha value is -3.11. The lowest BCUT2D eigenvalue weighted by Gasteiger charge is -2.19. The minimum absolute atomic E-state index is 0.113. The van der Waals surface area contributed by atoms with Crippen molar-refractivity contribution in [1.82, 2.24) is 19.5 Å². The first-order valence-corrected chi connectivity index (χ1v) is 10.4. The third-order valence-electron chi connectivity index (χ3n) is 4.56. The van der Waals surface area contributed by atoms with Crippen LogP contribution in [0, 0.1) is 0 Å². The van der Waals surface area contributed by atoms with Crippen molar-refractivity contribution in [3.63, 3.8) is 0 Å². The molecule has 0 saturated carbocycles. The van der Waals surface area contributed by atoms with Crippen LogP contribution in [-0.4, -0.2) is 50.9 Å². The molecule has 2 rings (SSSR count). The molecule has 0 aliphatic carbocycles. The van der Waals surface area contributed by atoms with Crippen LogP contribution in [0.1, 0.15) is 46.1 Å². The van der Waals surface area contributed by atoms with Crippen LogP contribution in [0.2, 0.25) is 0 Å². The van der Waals surface area contributed by atoms with Crippen molar-refractivity contribution in [3.8, 4) is 0 Å². The predicted molar refractivity (Wildman–Crippen MR) is 120 cm³/mol. The first-order chi connectivity index (χ1) is 15.2. The molecule has 2 atom stereocenters. The van der Waals surface area contributed by atoms with Gasteiger partial charge in [-0.1, -0.05) is 12.2 Å². The number of primary amides is 1. The number of allylic oxidation sites excluding steroid dienone is 3. The van der Waals surface area contributed by atoms with Gasteiger partial charge in [-0.3, -0.25) is 9.36 Å². The maximum Gasteiger partial charge on any atom is 0.224 e. The van der Waals surface area contributed by atoms with Gasteiger partial charge in [-0.05, 0) is 33.3 Å². The summed E-state index contributed by atoms with van der Waals surface area (Å²) < 4.78 is 40.9. The van der Waals surface area contributed by atoms with Crippen molar-refractivity contribution in [2.75, 3.05) is 24.0 Å². The number of hydrogen-bond acceptors (Lipinski definition) is 6. The van der Waals surface area contributed by atoms with Crippen molar-refractivity contribution < 1.29 is 18.0 Å². The molecule has 11 heteroatoms. The molecule has 8 nitrogen and oxygen atoms in total. The third-order valence-corrected chi connectivity index (χ3v) is 4.56. The Morgan fingerprint density at radius 1 is 1.25 bits per heavy atom. The molecule has 0 aliphatic heterocycles. The van der Waals surface area contributed by atoms with Gasteiger partial charge in [-0.2, -0.15) is 4.98 Å². The molecule has 4 N–H and O–H groups in total. The number of imidazole rings is 1. The average molecular weight is 454 g/mol. The van der Waals surface area contributed by atoms with Gasteiger partial charge in [-0.25, -0.2) is 23.1 Å². The fourth-order valence-electron chi connectivity index (χ4n) is 3.03. The van der Waals surface area contributed by atoms with Crippen molar-refractivity contribution in [2.45, 2.75) is 58.2 Å². The minimum Gasteiger partial charge on any atom is -0.370 e. The van der Waals surface area contributed by atoms with E-state index in [9.17, 15) is 18.0 Å². The standard InChI is InChI=1S/C21H30F3N7O/c1-13(2)27-20-26-12-17-19(30-20)31(14(3)7-8-18(25)32)21(29-17)28-16(11-23)6-4-5-15(24)9-10-22/h4,6,9,12-14,16H,5,7-8,10-11H2,1-3H3,(H2,25,32)(H,28,29)(H,26,27,30)/b6-4-,15-9+/t14-,16?/m1/s1. The molecule has 2 aromatic heterocycles. The second kappa shape index (κ2) is 12.1. The van der Waals surface area contributed by atoms with Crippen LogP contribution in [0.4, 0.5) is 25.1 Å². The van der Waals surface area contributed by atoms with Gasteiger partial charge < -0.3 is 16.4 Å². The van der Waals surface area contributed by atoms with Gasteiger partial charge in [0.05, 0.1) is 12.2 Å². The van der Waals surface area contributed by atoms with Gasteiger partial charge in [0.15, 0.2) is 5.65 Å². The Kier molecular flexibility index (Phi) is 9.48. The maximum absolute atomic E-state index is 13.6. The monoisotopic (exact) mass is 453 g/mol. The number of amides is 1. The molecule has 0 saturated heterocycles. The zero-order valence-corrected chi connectivity index (χ0v) is 18.5. The van der Waals surface area contributed by atoms with Crippen LogP contribution in [0.5, 0.6) is 0 Å². The molecule has 2 aromatic rings. The maximum atomic E-state index is 13.6. The molecular weight excluding hydrogens is 423 g/mol. The van der Waals surface area contributed by atoms with E-state index in [1.165, 1.54) is 12.2 Å². The Morgan fingerprint density at radius 2 is 2.00 bits per heavy atom. The Bertz CT molecular complexity index is 958. The van der Waals surface area contributed by atoms with Crippen LogP contribution in [0.15, 0.2) is 30.3 Å². The van der Waals surface area contributed by atoms with Crippen molar-refractivity contribution in [1.29, 1.82) is 0 Å². The minimum atomic E-state index is -0.896. The summed E-state index contributed by atoms with van der Waals surface area (Å²) in [7, 11) is 0. The summed E-state index contributed by atoms with van der Waals surface area (Å²) in [6, 6.07) is -0.916. The molecule has 0 aliphatic rings. The first kappa shape index (κ1) is 25.2. The molecule has 0 aromatic carbocycles. The fourth-order valence-corrected chi connectivity index (χ4v) is 3.03. The average Bonchev–Trinajstić information content (AvgIpc) is 3.08. The van der Waals surface area contributed by atoms with E-state index in [1.807, 2.05) is 20.8 Å². The summed E-state index contributed by atoms with van der Waals surface area (Å²) in [5.74, 6) is -0.311. The summed E-state index contributed by atoms with van der Waals surface area (Å²) in [6.07, 6.45) is 5.73. The molecule has 0 spiro atoms. The summed E-state index contributed by atoms with van der Waals surface area (Å²) in [5, 5.41) is 6.12. The fraction of sp³-hybridized carbons (Fsp3) is 0.524. The number of nitrogens with one attached hydrogen (secondary N) is 2. The highest BCUT2D eigenvalue weighted by atomic mass is 19.1. The number of hydrogen-bond donors (Lipinski definition) is 3. The van der Waals surface area contributed by atoms with E-state index in [2.05, 4.69) is 25.6 Å². The number of aromatic nitrogens is 4. The summed E-state index contributed by atoms with van der Waals surface area (Å²) in [6.45, 7) is 4.11. The normalized spacial score (nSPS) is 14.3. The molecule has 2 heterocycles. The van der Waals surface area contributed by atoms with Gasteiger partial charge in [0, 0.05) is 24.9 Å². The Labute approximate surface area is 185 Å². The number of halogens is 3. The number of nitrogens with zero attached hydrogens (tertiary/aromatic N) is 4. The van der Waals surface area contributed by atoms with Crippen LogP contribution in [-0.2, 0) is 4.79 Å². The lowest BCUT2D eigenvalue weighted by Crippen LogP contribution is -2.23. The van der Waals surface area contributed by atoms with E-state index in [-0.39, 0.29) is 24.9 Å². The number of carbonyl (C=O) groups is 1. The van der Waals surface area contributed by atoms with Gasteiger partial charge >= 0.3 is 0 Å². The van der Waals surface area contributed by atoms with Gasteiger partial charge in [0.2, 0.25) is 17.8 Å². The van der Waals surface area contributed by atoms with Crippen LogP contribution in [0.25, 0.3) is 11.2 Å². The molecule has 0 bridgehead atoms. The van der Waals surface area contributed by atoms with E-state index in [1.54, 1.807) is 10.8 Å². The predicted octanol–water partition coefficient (Wildman–Crippen LogP) is 3.99. The molecule has 0 radical (unpaired) electrons. The molecular formula is C21H30F3N7O. The van der Waals surface area contributed by atoms with E-state index >= 15 is 0 Å². The van der Waals surface area contributed by atoms with Crippen LogP contribution in [0.3, 0.4) is 0 Å². The van der Waals surface area contributed by atoms with E-state index < -0.39 is 31.1 Å². The number of alkyl halides is 2. The molecule has 0 fully saturated rings. The lowest BCUT2D eigenvalue weighted by molar-refractivity contribution is -0.118. The SMILES string of the molecule is CC(C)Nc1ncc2nc(NC(/C=C\C/C(F)=C\CF)CF)n([C@H](C)CCC(N)=O)c2n1. The second-order valence-corrected chi connectivity index (χ2v) is 7.70. The summed E-state index contributed by atoms with van der Waals surface area (Å²) >= 11 is 0. The van der Waals surface area contributed by atoms with Crippen LogP contribution >= 0.6 is 0 Å². The van der Waals surface area contributed by atoms with Gasteiger partial charge in [0.25, 0.3) is 0 Å². The largest absolute Gasteiger partial charge is 0.370 e. The van der Waals surface area contributed by atoms with Crippen LogP contribution < -0.4 is 16.4 Å². The van der Waals surface area contributed by atoms with Gasteiger partial charge in [-0.15, -0.1) is 0 Å². The smallest absolute Gasteiger partial charge is 0.224 e. The highest BCUT2D eigenvalue weighted by Crippen LogP contribution is 2.27. The van der Waals surface area contributed by atoms with E-state index in [0.29, 0.717) is 29.5 Å². The first-order valence-electron chi connectivity index (χ1n) is 10.4. The Morgan fingerprint density at radius 3 is 2.62 bits per heavy atom. The highest BCUT2D eigenvalue weighted by molar-refractivity contribution is 5.76. The number of fused-ring (bicyclic) bond motifs is 1. The number of nitrogens with two attached hydrogens (primary N) is 1. The number of carbonyl (C=O) groups excluding carboxylic acids is 1. The van der Waals surface area contributed by atoms with Crippen molar-refractivity contribution >= 4 is 29.0 Å². The topological polar surface area (TPSA) is 111 Å². The van der Waals surface area contributed by atoms with Crippen molar-refractivity contribution in [2.24, 2.45) is 5.73 Å². The molecule has 32 heavy (non-hydrogen) atoms. The number of rotatable bonds is 13. The third kappa shape index (κ3) is 7.24. The zero-order chi connectivity index (χ0) is 23.7. The Balaban J connectivity index is 2.37. The van der Waals surface area contributed by atoms with E-state index in [4.69, 9.17) is 5.73 Å². The number of anilines is 2. The van der Waals surface area contributed by atoms with Crippen molar-refractivity contribution in [3.05, 3.63) is 30.3 Å². The van der Waals surface area contributed by atoms with E-state index in [0.717, 1.165) is 6.08 Å². The summed E-state index contributed by atoms with van der Waals surface area (Å²) in [5.41, 5.74) is 6.30. The molecule has 1 amide bonds. The lowest BCUT2D eigenvalue weighted by atomic mass is 10.1.